The van der Waals surface area contributed by atoms with Gasteiger partial charge in [0, 0.05) is 20.0 Å². The number of amides is 1. The zero-order valence-electron chi connectivity index (χ0n) is 13.1. The van der Waals surface area contributed by atoms with Gasteiger partial charge in [0.15, 0.2) is 0 Å². The van der Waals surface area contributed by atoms with Crippen molar-refractivity contribution in [3.63, 3.8) is 0 Å². The van der Waals surface area contributed by atoms with Crippen molar-refractivity contribution < 1.29 is 24.0 Å². The van der Waals surface area contributed by atoms with Crippen LogP contribution in [0.15, 0.2) is 22.9 Å². The van der Waals surface area contributed by atoms with Gasteiger partial charge in [-0.3, -0.25) is 19.6 Å². The number of nitro groups is 1. The molecule has 24 heavy (non-hydrogen) atoms. The highest BCUT2D eigenvalue weighted by atomic mass is 16.6. The van der Waals surface area contributed by atoms with Crippen molar-refractivity contribution in [1.29, 1.82) is 0 Å². The van der Waals surface area contributed by atoms with Crippen LogP contribution in [0.4, 0.5) is 5.69 Å². The van der Waals surface area contributed by atoms with Gasteiger partial charge in [-0.25, -0.2) is 4.79 Å². The fraction of sp³-hybridized carbons (Fsp3) is 0.357. The molecule has 2 heterocycles. The standard InChI is InChI=1S/C14H16N4O6/c1-9-12(14(20)21)5-11(24-9)8-16(2)13(19)3-4-17-7-10(6-15-17)18(22)23/h5-7H,3-4,8H2,1-2H3,(H,20,21). The van der Waals surface area contributed by atoms with E-state index in [9.17, 15) is 19.7 Å². The molecule has 0 fully saturated rings. The van der Waals surface area contributed by atoms with Crippen molar-refractivity contribution in [1.82, 2.24) is 14.7 Å². The first-order valence-corrected chi connectivity index (χ1v) is 7.01. The van der Waals surface area contributed by atoms with E-state index in [0.717, 1.165) is 6.20 Å². The van der Waals surface area contributed by atoms with Crippen LogP contribution in [0.3, 0.4) is 0 Å². The Hall–Kier alpha value is -3.17. The molecule has 2 rings (SSSR count). The molecule has 0 aliphatic heterocycles. The summed E-state index contributed by atoms with van der Waals surface area (Å²) in [6.07, 6.45) is 2.47. The monoisotopic (exact) mass is 336 g/mol. The first-order valence-electron chi connectivity index (χ1n) is 7.01. The molecule has 0 spiro atoms. The molecule has 10 heteroatoms. The van der Waals surface area contributed by atoms with Crippen molar-refractivity contribution in [3.8, 4) is 0 Å². The Morgan fingerprint density at radius 2 is 2.21 bits per heavy atom. The number of furan rings is 1. The van der Waals surface area contributed by atoms with Gasteiger partial charge in [-0.2, -0.15) is 5.10 Å². The molecule has 1 amide bonds. The molecule has 0 aliphatic rings. The van der Waals surface area contributed by atoms with E-state index in [1.165, 1.54) is 21.8 Å². The maximum absolute atomic E-state index is 12.1. The van der Waals surface area contributed by atoms with E-state index in [-0.39, 0.29) is 42.4 Å². The van der Waals surface area contributed by atoms with Crippen molar-refractivity contribution in [2.45, 2.75) is 26.4 Å². The molecular formula is C14H16N4O6. The molecule has 1 N–H and O–H groups in total. The van der Waals surface area contributed by atoms with Gasteiger partial charge >= 0.3 is 11.7 Å². The van der Waals surface area contributed by atoms with Gasteiger partial charge in [-0.05, 0) is 13.0 Å². The molecule has 2 aromatic heterocycles. The minimum Gasteiger partial charge on any atom is -0.478 e. The van der Waals surface area contributed by atoms with Crippen molar-refractivity contribution in [3.05, 3.63) is 45.7 Å². The van der Waals surface area contributed by atoms with Gasteiger partial charge in [0.2, 0.25) is 5.91 Å². The number of aromatic carboxylic acids is 1. The Bertz CT molecular complexity index is 778. The van der Waals surface area contributed by atoms with Crippen LogP contribution < -0.4 is 0 Å². The lowest BCUT2D eigenvalue weighted by atomic mass is 10.2. The first kappa shape index (κ1) is 17.2. The van der Waals surface area contributed by atoms with Crippen LogP contribution in [0, 0.1) is 17.0 Å². The molecule has 0 atom stereocenters. The molecule has 0 unspecified atom stereocenters. The van der Waals surface area contributed by atoms with Crippen LogP contribution in [0.1, 0.15) is 28.3 Å². The molecule has 0 saturated carbocycles. The molecule has 0 aliphatic carbocycles. The molecule has 0 radical (unpaired) electrons. The van der Waals surface area contributed by atoms with E-state index in [4.69, 9.17) is 9.52 Å². The zero-order chi connectivity index (χ0) is 17.9. The average molecular weight is 336 g/mol. The quantitative estimate of drug-likeness (QED) is 0.597. The lowest BCUT2D eigenvalue weighted by Crippen LogP contribution is -2.27. The smallest absolute Gasteiger partial charge is 0.339 e. The van der Waals surface area contributed by atoms with Crippen LogP contribution in [0.5, 0.6) is 0 Å². The van der Waals surface area contributed by atoms with E-state index in [1.54, 1.807) is 14.0 Å². The molecule has 0 aromatic carbocycles. The molecule has 128 valence electrons. The van der Waals surface area contributed by atoms with E-state index in [1.807, 2.05) is 0 Å². The lowest BCUT2D eigenvalue weighted by molar-refractivity contribution is -0.385. The Morgan fingerprint density at radius 3 is 2.75 bits per heavy atom. The van der Waals surface area contributed by atoms with Crippen molar-refractivity contribution in [2.24, 2.45) is 0 Å². The second kappa shape index (κ2) is 6.94. The zero-order valence-corrected chi connectivity index (χ0v) is 13.1. The third kappa shape index (κ3) is 3.97. The summed E-state index contributed by atoms with van der Waals surface area (Å²) in [5.74, 6) is -0.659. The number of aromatic nitrogens is 2. The van der Waals surface area contributed by atoms with E-state index >= 15 is 0 Å². The van der Waals surface area contributed by atoms with Gasteiger partial charge in [-0.15, -0.1) is 0 Å². The van der Waals surface area contributed by atoms with Gasteiger partial charge in [0.05, 0.1) is 11.5 Å². The number of carbonyl (C=O) groups is 2. The third-order valence-corrected chi connectivity index (χ3v) is 3.40. The second-order valence-electron chi connectivity index (χ2n) is 5.21. The van der Waals surface area contributed by atoms with Crippen LogP contribution in [-0.2, 0) is 17.9 Å². The number of rotatable bonds is 7. The van der Waals surface area contributed by atoms with Gasteiger partial charge in [0.25, 0.3) is 0 Å². The van der Waals surface area contributed by atoms with E-state index in [2.05, 4.69) is 5.10 Å². The van der Waals surface area contributed by atoms with Crippen LogP contribution in [-0.4, -0.2) is 43.6 Å². The topological polar surface area (TPSA) is 132 Å². The Balaban J connectivity index is 1.90. The summed E-state index contributed by atoms with van der Waals surface area (Å²) in [5.41, 5.74) is -0.0715. The summed E-state index contributed by atoms with van der Waals surface area (Å²) in [4.78, 5) is 34.4. The fourth-order valence-corrected chi connectivity index (χ4v) is 2.13. The maximum atomic E-state index is 12.1. The predicted molar refractivity (Wildman–Crippen MR) is 80.4 cm³/mol. The highest BCUT2D eigenvalue weighted by Gasteiger charge is 2.17. The number of carbonyl (C=O) groups excluding carboxylic acids is 1. The molecular weight excluding hydrogens is 320 g/mol. The SMILES string of the molecule is Cc1oc(CN(C)C(=O)CCn2cc([N+](=O)[O-])cn2)cc1C(=O)O. The van der Waals surface area contributed by atoms with Crippen molar-refractivity contribution in [2.75, 3.05) is 7.05 Å². The second-order valence-corrected chi connectivity index (χ2v) is 5.21. The van der Waals surface area contributed by atoms with Crippen molar-refractivity contribution >= 4 is 17.6 Å². The Kier molecular flexibility index (Phi) is 4.97. The Labute approximate surface area is 136 Å². The maximum Gasteiger partial charge on any atom is 0.339 e. The van der Waals surface area contributed by atoms with E-state index in [0.29, 0.717) is 5.76 Å². The summed E-state index contributed by atoms with van der Waals surface area (Å²) >= 11 is 0. The lowest BCUT2D eigenvalue weighted by Gasteiger charge is -2.15. The Morgan fingerprint density at radius 1 is 1.50 bits per heavy atom. The number of carboxylic acid groups (broad SMARTS) is 1. The predicted octanol–water partition coefficient (Wildman–Crippen LogP) is 1.44. The highest BCUT2D eigenvalue weighted by Crippen LogP contribution is 2.16. The fourth-order valence-electron chi connectivity index (χ4n) is 2.13. The number of carboxylic acids is 1. The summed E-state index contributed by atoms with van der Waals surface area (Å²) < 4.78 is 6.64. The first-order chi connectivity index (χ1) is 11.3. The average Bonchev–Trinajstić information content (AvgIpc) is 3.11. The number of aryl methyl sites for hydroxylation is 2. The molecule has 0 saturated heterocycles. The molecule has 2 aromatic rings. The minimum absolute atomic E-state index is 0.0645. The highest BCUT2D eigenvalue weighted by molar-refractivity contribution is 5.88. The molecule has 10 nitrogen and oxygen atoms in total. The van der Waals surface area contributed by atoms with Crippen LogP contribution in [0.2, 0.25) is 0 Å². The summed E-state index contributed by atoms with van der Waals surface area (Å²) in [7, 11) is 1.56. The van der Waals surface area contributed by atoms with Gasteiger partial charge < -0.3 is 14.4 Å². The minimum atomic E-state index is -1.09. The normalized spacial score (nSPS) is 10.6. The largest absolute Gasteiger partial charge is 0.478 e. The third-order valence-electron chi connectivity index (χ3n) is 3.40. The molecule has 0 bridgehead atoms. The van der Waals surface area contributed by atoms with Gasteiger partial charge in [-0.1, -0.05) is 0 Å². The van der Waals surface area contributed by atoms with Gasteiger partial charge in [0.1, 0.15) is 29.5 Å². The van der Waals surface area contributed by atoms with Crippen LogP contribution in [0.25, 0.3) is 0 Å². The summed E-state index contributed by atoms with van der Waals surface area (Å²) in [6, 6.07) is 1.39. The summed E-state index contributed by atoms with van der Waals surface area (Å²) in [5, 5.41) is 23.3. The van der Waals surface area contributed by atoms with E-state index < -0.39 is 10.9 Å². The summed E-state index contributed by atoms with van der Waals surface area (Å²) in [6.45, 7) is 1.88. The van der Waals surface area contributed by atoms with Crippen LogP contribution >= 0.6 is 0 Å². The number of hydrogen-bond donors (Lipinski definition) is 1. The number of nitrogens with zero attached hydrogens (tertiary/aromatic N) is 4. The number of hydrogen-bond acceptors (Lipinski definition) is 6.